The van der Waals surface area contributed by atoms with E-state index in [1.165, 1.54) is 0 Å². The van der Waals surface area contributed by atoms with Gasteiger partial charge in [-0.25, -0.2) is 14.7 Å². The number of nitrogens with zero attached hydrogens (tertiary/aromatic N) is 9. The van der Waals surface area contributed by atoms with Crippen LogP contribution < -0.4 is 0 Å². The normalized spacial score (nSPS) is 11.0. The first-order valence-electron chi connectivity index (χ1n) is 16.2. The van der Waals surface area contributed by atoms with Crippen molar-refractivity contribution < 1.29 is 0 Å². The van der Waals surface area contributed by atoms with Crippen LogP contribution in [0.1, 0.15) is 11.1 Å². The minimum Gasteiger partial charge on any atom is -0.310 e. The van der Waals surface area contributed by atoms with Gasteiger partial charge in [0, 0.05) is 43.7 Å². The molecule has 6 aromatic carbocycles. The SMILES string of the molecule is [C-]#[N+]c1ccc2c3ccc(C#N)cc3n(-c3nc(-c4ccccc4)nc(-c4ccccc4-n4c5cc(C#N)ccc5c5ccc([N+]#[C-])cc54)n3)c2c1. The van der Waals surface area contributed by atoms with Gasteiger partial charge >= 0.3 is 0 Å². The topological polar surface area (TPSA) is 105 Å². The predicted molar refractivity (Wildman–Crippen MR) is 201 cm³/mol. The summed E-state index contributed by atoms with van der Waals surface area (Å²) in [7, 11) is 0. The van der Waals surface area contributed by atoms with E-state index in [1.54, 1.807) is 24.3 Å². The lowest BCUT2D eigenvalue weighted by Crippen LogP contribution is -2.08. The highest BCUT2D eigenvalue weighted by atomic mass is 15.2. The molecule has 3 aromatic heterocycles. The second-order valence-electron chi connectivity index (χ2n) is 12.2. The van der Waals surface area contributed by atoms with Crippen LogP contribution in [-0.2, 0) is 0 Å². The molecule has 3 heterocycles. The average molecular weight is 664 g/mol. The van der Waals surface area contributed by atoms with Gasteiger partial charge in [-0.05, 0) is 48.5 Å². The number of nitriles is 2. The third-order valence-electron chi connectivity index (χ3n) is 9.26. The monoisotopic (exact) mass is 663 g/mol. The molecule has 9 rings (SSSR count). The van der Waals surface area contributed by atoms with E-state index in [9.17, 15) is 10.5 Å². The molecule has 9 heteroatoms. The molecule has 0 spiro atoms. The quantitative estimate of drug-likeness (QED) is 0.174. The Balaban J connectivity index is 1.39. The van der Waals surface area contributed by atoms with Crippen molar-refractivity contribution >= 4 is 55.0 Å². The summed E-state index contributed by atoms with van der Waals surface area (Å²) < 4.78 is 3.95. The Bertz CT molecular complexity index is 2980. The van der Waals surface area contributed by atoms with Crippen LogP contribution in [0.4, 0.5) is 11.4 Å². The van der Waals surface area contributed by atoms with Crippen LogP contribution in [-0.4, -0.2) is 24.1 Å². The molecule has 0 atom stereocenters. The Hall–Kier alpha value is -8.11. The maximum Gasteiger partial charge on any atom is 0.238 e. The third-order valence-corrected chi connectivity index (χ3v) is 9.26. The van der Waals surface area contributed by atoms with Crippen LogP contribution >= 0.6 is 0 Å². The minimum atomic E-state index is 0.320. The van der Waals surface area contributed by atoms with E-state index < -0.39 is 0 Å². The van der Waals surface area contributed by atoms with Crippen molar-refractivity contribution in [3.63, 3.8) is 0 Å². The molecule has 9 nitrogen and oxygen atoms in total. The van der Waals surface area contributed by atoms with Crippen molar-refractivity contribution in [1.82, 2.24) is 24.1 Å². The van der Waals surface area contributed by atoms with E-state index in [4.69, 9.17) is 28.1 Å². The molecule has 0 unspecified atom stereocenters. The lowest BCUT2D eigenvalue weighted by molar-refractivity contribution is 0.951. The first-order valence-corrected chi connectivity index (χ1v) is 16.2. The van der Waals surface area contributed by atoms with Crippen molar-refractivity contribution in [2.24, 2.45) is 0 Å². The largest absolute Gasteiger partial charge is 0.310 e. The van der Waals surface area contributed by atoms with Gasteiger partial charge in [0.05, 0.1) is 53.1 Å². The summed E-state index contributed by atoms with van der Waals surface area (Å²) in [6.07, 6.45) is 0. The fraction of sp³-hybridized carbons (Fsp3) is 0. The second kappa shape index (κ2) is 11.8. The van der Waals surface area contributed by atoms with Gasteiger partial charge in [0.15, 0.2) is 23.0 Å². The standard InChI is InChI=1S/C43H21N9/c1-46-29-14-18-33-31-16-12-26(24-44)20-37(31)51(39(33)22-29)36-11-7-6-10-35(36)42-48-41(28-8-4-3-5-9-28)49-43(50-42)52-38-21-27(25-45)13-17-32(38)34-19-15-30(47-2)23-40(34)52/h3-23H. The molecule has 0 saturated carbocycles. The van der Waals surface area contributed by atoms with Gasteiger partial charge in [-0.3, -0.25) is 4.57 Å². The first-order chi connectivity index (χ1) is 25.6. The van der Waals surface area contributed by atoms with Crippen LogP contribution in [0, 0.1) is 35.8 Å². The first kappa shape index (κ1) is 30.0. The Kier molecular flexibility index (Phi) is 6.80. The Morgan fingerprint density at radius 2 is 1.00 bits per heavy atom. The highest BCUT2D eigenvalue weighted by Gasteiger charge is 2.22. The number of fused-ring (bicyclic) bond motifs is 6. The number of hydrogen-bond acceptors (Lipinski definition) is 5. The van der Waals surface area contributed by atoms with Gasteiger partial charge in [-0.2, -0.15) is 20.5 Å². The van der Waals surface area contributed by atoms with E-state index in [2.05, 4.69) is 26.4 Å². The molecule has 0 N–H and O–H groups in total. The molecule has 0 aliphatic heterocycles. The molecule has 0 bridgehead atoms. The maximum absolute atomic E-state index is 9.86. The maximum atomic E-state index is 9.86. The highest BCUT2D eigenvalue weighted by molar-refractivity contribution is 6.11. The second-order valence-corrected chi connectivity index (χ2v) is 12.2. The van der Waals surface area contributed by atoms with Gasteiger partial charge in [0.1, 0.15) is 0 Å². The fourth-order valence-electron chi connectivity index (χ4n) is 6.93. The summed E-state index contributed by atoms with van der Waals surface area (Å²) in [6, 6.07) is 44.2. The summed E-state index contributed by atoms with van der Waals surface area (Å²) in [5, 5.41) is 23.4. The van der Waals surface area contributed by atoms with Crippen LogP contribution in [0.2, 0.25) is 0 Å². The molecule has 9 aromatic rings. The van der Waals surface area contributed by atoms with Crippen LogP contribution in [0.5, 0.6) is 0 Å². The van der Waals surface area contributed by atoms with Crippen molar-refractivity contribution in [3.8, 4) is 46.5 Å². The molecule has 238 valence electrons. The average Bonchev–Trinajstić information content (AvgIpc) is 3.71. The summed E-state index contributed by atoms with van der Waals surface area (Å²) in [4.78, 5) is 22.6. The number of para-hydroxylation sites is 1. The highest BCUT2D eigenvalue weighted by Crippen LogP contribution is 2.39. The van der Waals surface area contributed by atoms with Crippen molar-refractivity contribution in [2.75, 3.05) is 0 Å². The Labute approximate surface area is 296 Å². The Morgan fingerprint density at radius 1 is 0.500 bits per heavy atom. The van der Waals surface area contributed by atoms with Gasteiger partial charge in [0.2, 0.25) is 5.95 Å². The van der Waals surface area contributed by atoms with E-state index in [0.29, 0.717) is 45.7 Å². The summed E-state index contributed by atoms with van der Waals surface area (Å²) in [5.74, 6) is 1.15. The fourth-order valence-corrected chi connectivity index (χ4v) is 6.93. The summed E-state index contributed by atoms with van der Waals surface area (Å²) >= 11 is 0. The smallest absolute Gasteiger partial charge is 0.238 e. The zero-order chi connectivity index (χ0) is 35.3. The molecule has 0 aliphatic rings. The van der Waals surface area contributed by atoms with Crippen LogP contribution in [0.25, 0.3) is 87.7 Å². The van der Waals surface area contributed by atoms with Crippen molar-refractivity contribution in [2.45, 2.75) is 0 Å². The summed E-state index contributed by atoms with van der Waals surface area (Å²) in [5.41, 5.74) is 7.22. The molecule has 0 amide bonds. The van der Waals surface area contributed by atoms with Crippen LogP contribution in [0.3, 0.4) is 0 Å². The van der Waals surface area contributed by atoms with Gasteiger partial charge in [0.25, 0.3) is 0 Å². The molecular formula is C43H21N9. The van der Waals surface area contributed by atoms with E-state index >= 15 is 0 Å². The number of aromatic nitrogens is 5. The van der Waals surface area contributed by atoms with Gasteiger partial charge in [-0.1, -0.05) is 78.9 Å². The minimum absolute atomic E-state index is 0.320. The third kappa shape index (κ3) is 4.64. The van der Waals surface area contributed by atoms with Crippen molar-refractivity contribution in [3.05, 3.63) is 161 Å². The molecule has 0 radical (unpaired) electrons. The zero-order valence-corrected chi connectivity index (χ0v) is 27.1. The van der Waals surface area contributed by atoms with Crippen LogP contribution in [0.15, 0.2) is 127 Å². The number of rotatable bonds is 4. The van der Waals surface area contributed by atoms with E-state index in [1.807, 2.05) is 108 Å². The number of hydrogen-bond donors (Lipinski definition) is 0. The van der Waals surface area contributed by atoms with E-state index in [-0.39, 0.29) is 0 Å². The molecule has 0 fully saturated rings. The van der Waals surface area contributed by atoms with Gasteiger partial charge < -0.3 is 4.57 Å². The molecule has 0 aliphatic carbocycles. The lowest BCUT2D eigenvalue weighted by atomic mass is 10.1. The predicted octanol–water partition coefficient (Wildman–Crippen LogP) is 10.2. The van der Waals surface area contributed by atoms with Gasteiger partial charge in [-0.15, -0.1) is 0 Å². The molecule has 0 saturated heterocycles. The van der Waals surface area contributed by atoms with E-state index in [0.717, 1.165) is 54.9 Å². The summed E-state index contributed by atoms with van der Waals surface area (Å²) in [6.45, 7) is 15.5. The zero-order valence-electron chi connectivity index (χ0n) is 27.1. The Morgan fingerprint density at radius 3 is 1.60 bits per heavy atom. The van der Waals surface area contributed by atoms with Crippen molar-refractivity contribution in [1.29, 1.82) is 10.5 Å². The lowest BCUT2D eigenvalue weighted by Gasteiger charge is -2.15. The number of benzene rings is 6. The molecule has 52 heavy (non-hydrogen) atoms. The molecular weight excluding hydrogens is 643 g/mol.